The number of benzene rings is 1. The van der Waals surface area contributed by atoms with Crippen LogP contribution in [0.5, 0.6) is 0 Å². The van der Waals surface area contributed by atoms with E-state index < -0.39 is 0 Å². The lowest BCUT2D eigenvalue weighted by Crippen LogP contribution is -2.14. The van der Waals surface area contributed by atoms with Crippen LogP contribution in [0.1, 0.15) is 24.1 Å². The normalized spacial score (nSPS) is 13.8. The van der Waals surface area contributed by atoms with Gasteiger partial charge in [0.2, 0.25) is 5.91 Å². The van der Waals surface area contributed by atoms with Crippen molar-refractivity contribution >= 4 is 23.3 Å². The number of fused-ring (bicyclic) bond motifs is 1. The molecule has 0 spiro atoms. The van der Waals surface area contributed by atoms with E-state index in [1.165, 1.54) is 5.69 Å². The Morgan fingerprint density at radius 3 is 2.75 bits per heavy atom. The highest BCUT2D eigenvalue weighted by Gasteiger charge is 2.22. The summed E-state index contributed by atoms with van der Waals surface area (Å²) in [4.78, 5) is 11.5. The first kappa shape index (κ1) is 13.2. The van der Waals surface area contributed by atoms with Crippen molar-refractivity contribution < 1.29 is 4.79 Å². The van der Waals surface area contributed by atoms with Gasteiger partial charge in [-0.05, 0) is 37.8 Å². The summed E-state index contributed by atoms with van der Waals surface area (Å²) in [6.07, 6.45) is 4.25. The second-order valence-electron chi connectivity index (χ2n) is 4.91. The number of anilines is 1. The molecule has 4 nitrogen and oxygen atoms in total. The van der Waals surface area contributed by atoms with Crippen molar-refractivity contribution in [1.29, 1.82) is 0 Å². The summed E-state index contributed by atoms with van der Waals surface area (Å²) in [5.74, 6) is 0.402. The van der Waals surface area contributed by atoms with Crippen molar-refractivity contribution in [3.8, 4) is 5.69 Å². The van der Waals surface area contributed by atoms with E-state index in [0.29, 0.717) is 5.82 Å². The topological polar surface area (TPSA) is 46.9 Å². The molecule has 0 radical (unpaired) electrons. The number of hydrogen-bond acceptors (Lipinski definition) is 2. The molecule has 0 unspecified atom stereocenters. The Hall–Kier alpha value is -1.81. The van der Waals surface area contributed by atoms with Crippen LogP contribution in [0.15, 0.2) is 30.3 Å². The summed E-state index contributed by atoms with van der Waals surface area (Å²) in [6.45, 7) is 0. The predicted octanol–water partition coefficient (Wildman–Crippen LogP) is 2.93. The molecule has 1 aliphatic carbocycles. The minimum Gasteiger partial charge on any atom is -0.308 e. The molecule has 0 aliphatic heterocycles. The third-order valence-corrected chi connectivity index (χ3v) is 3.80. The van der Waals surface area contributed by atoms with Crippen LogP contribution in [0.25, 0.3) is 5.69 Å². The molecule has 0 bridgehead atoms. The van der Waals surface area contributed by atoms with Crippen LogP contribution < -0.4 is 5.32 Å². The Balaban J connectivity index is 2.05. The number of halogens is 1. The molecule has 0 fully saturated rings. The number of hydrogen-bond donors (Lipinski definition) is 1. The van der Waals surface area contributed by atoms with Crippen LogP contribution in [0, 0.1) is 0 Å². The Morgan fingerprint density at radius 2 is 2.00 bits per heavy atom. The maximum atomic E-state index is 11.5. The molecule has 104 valence electrons. The zero-order valence-electron chi connectivity index (χ0n) is 11.1. The standard InChI is InChI=1S/C15H16ClN3O/c16-10-14(20)17-15-12-8-4-5-9-13(12)19(18-15)11-6-2-1-3-7-11/h1-3,6-7H,4-5,8-10H2,(H,17,18,20). The molecule has 5 heteroatoms. The quantitative estimate of drug-likeness (QED) is 0.883. The van der Waals surface area contributed by atoms with Gasteiger partial charge in [-0.2, -0.15) is 0 Å². The van der Waals surface area contributed by atoms with Gasteiger partial charge in [0.05, 0.1) is 5.69 Å². The molecule has 0 saturated heterocycles. The van der Waals surface area contributed by atoms with Crippen molar-refractivity contribution in [2.24, 2.45) is 0 Å². The monoisotopic (exact) mass is 289 g/mol. The summed E-state index contributed by atoms with van der Waals surface area (Å²) in [6, 6.07) is 10.0. The van der Waals surface area contributed by atoms with E-state index >= 15 is 0 Å². The lowest BCUT2D eigenvalue weighted by Gasteiger charge is -2.14. The van der Waals surface area contributed by atoms with Crippen molar-refractivity contribution in [2.45, 2.75) is 25.7 Å². The molecule has 2 aromatic rings. The fourth-order valence-corrected chi connectivity index (χ4v) is 2.71. The Labute approximate surface area is 122 Å². The van der Waals surface area contributed by atoms with Gasteiger partial charge in [-0.15, -0.1) is 16.7 Å². The Bertz CT molecular complexity index is 622. The Kier molecular flexibility index (Phi) is 3.74. The van der Waals surface area contributed by atoms with Crippen LogP contribution in [-0.4, -0.2) is 21.6 Å². The van der Waals surface area contributed by atoms with Crippen molar-refractivity contribution in [2.75, 3.05) is 11.2 Å². The summed E-state index contributed by atoms with van der Waals surface area (Å²) >= 11 is 5.56. The van der Waals surface area contributed by atoms with Crippen LogP contribution >= 0.6 is 11.6 Å². The van der Waals surface area contributed by atoms with Gasteiger partial charge in [0.1, 0.15) is 5.88 Å². The fourth-order valence-electron chi connectivity index (χ4n) is 2.65. The summed E-state index contributed by atoms with van der Waals surface area (Å²) in [5.41, 5.74) is 3.38. The van der Waals surface area contributed by atoms with Gasteiger partial charge in [-0.25, -0.2) is 4.68 Å². The van der Waals surface area contributed by atoms with Crippen LogP contribution in [0.3, 0.4) is 0 Å². The third kappa shape index (κ3) is 2.43. The molecule has 1 aromatic heterocycles. The lowest BCUT2D eigenvalue weighted by molar-refractivity contribution is -0.113. The number of nitrogens with zero attached hydrogens (tertiary/aromatic N) is 2. The second-order valence-corrected chi connectivity index (χ2v) is 5.18. The van der Waals surface area contributed by atoms with Gasteiger partial charge in [-0.1, -0.05) is 18.2 Å². The number of carbonyl (C=O) groups is 1. The highest BCUT2D eigenvalue weighted by atomic mass is 35.5. The maximum Gasteiger partial charge on any atom is 0.240 e. The van der Waals surface area contributed by atoms with E-state index in [-0.39, 0.29) is 11.8 Å². The van der Waals surface area contributed by atoms with E-state index in [1.54, 1.807) is 0 Å². The fraction of sp³-hybridized carbons (Fsp3) is 0.333. The van der Waals surface area contributed by atoms with E-state index in [0.717, 1.165) is 36.9 Å². The summed E-state index contributed by atoms with van der Waals surface area (Å²) in [7, 11) is 0. The number of alkyl halides is 1. The zero-order valence-corrected chi connectivity index (χ0v) is 11.9. The first-order valence-electron chi connectivity index (χ1n) is 6.81. The number of aromatic nitrogens is 2. The third-order valence-electron chi connectivity index (χ3n) is 3.56. The van der Waals surface area contributed by atoms with Crippen LogP contribution in [-0.2, 0) is 17.6 Å². The van der Waals surface area contributed by atoms with Gasteiger partial charge in [0.25, 0.3) is 0 Å². The zero-order chi connectivity index (χ0) is 13.9. The van der Waals surface area contributed by atoms with E-state index in [9.17, 15) is 4.79 Å². The number of carbonyl (C=O) groups excluding carboxylic acids is 1. The Morgan fingerprint density at radius 1 is 1.25 bits per heavy atom. The smallest absolute Gasteiger partial charge is 0.240 e. The van der Waals surface area contributed by atoms with Gasteiger partial charge < -0.3 is 5.32 Å². The number of para-hydroxylation sites is 1. The largest absolute Gasteiger partial charge is 0.308 e. The molecule has 0 atom stereocenters. The highest BCUT2D eigenvalue weighted by Crippen LogP contribution is 2.29. The highest BCUT2D eigenvalue weighted by molar-refractivity contribution is 6.29. The molecule has 1 N–H and O–H groups in total. The molecule has 1 aliphatic rings. The predicted molar refractivity (Wildman–Crippen MR) is 79.6 cm³/mol. The lowest BCUT2D eigenvalue weighted by atomic mass is 9.97. The molecule has 1 heterocycles. The second kappa shape index (κ2) is 5.67. The molecule has 1 aromatic carbocycles. The molecule has 1 amide bonds. The molecule has 20 heavy (non-hydrogen) atoms. The minimum atomic E-state index is -0.210. The maximum absolute atomic E-state index is 11.5. The van der Waals surface area contributed by atoms with E-state index in [1.807, 2.05) is 35.0 Å². The summed E-state index contributed by atoms with van der Waals surface area (Å²) < 4.78 is 1.94. The number of amides is 1. The van der Waals surface area contributed by atoms with Crippen LogP contribution in [0.4, 0.5) is 5.82 Å². The average Bonchev–Trinajstić information content (AvgIpc) is 2.87. The van der Waals surface area contributed by atoms with Gasteiger partial charge in [-0.3, -0.25) is 4.79 Å². The molecular weight excluding hydrogens is 274 g/mol. The van der Waals surface area contributed by atoms with Crippen molar-refractivity contribution in [1.82, 2.24) is 9.78 Å². The molecular formula is C15H16ClN3O. The summed E-state index contributed by atoms with van der Waals surface area (Å²) in [5, 5.41) is 7.38. The minimum absolute atomic E-state index is 0.0486. The van der Waals surface area contributed by atoms with Crippen LogP contribution in [0.2, 0.25) is 0 Å². The average molecular weight is 290 g/mol. The molecule has 3 rings (SSSR count). The van der Waals surface area contributed by atoms with Gasteiger partial charge >= 0.3 is 0 Å². The molecule has 0 saturated carbocycles. The SMILES string of the molecule is O=C(CCl)Nc1nn(-c2ccccc2)c2c1CCCC2. The van der Waals surface area contributed by atoms with E-state index in [2.05, 4.69) is 10.4 Å². The van der Waals surface area contributed by atoms with Gasteiger partial charge in [0, 0.05) is 11.3 Å². The number of nitrogens with one attached hydrogen (secondary N) is 1. The van der Waals surface area contributed by atoms with E-state index in [4.69, 9.17) is 11.6 Å². The van der Waals surface area contributed by atoms with Gasteiger partial charge in [0.15, 0.2) is 5.82 Å². The number of rotatable bonds is 3. The van der Waals surface area contributed by atoms with Crippen molar-refractivity contribution in [3.05, 3.63) is 41.6 Å². The first-order chi connectivity index (χ1) is 9.79. The first-order valence-corrected chi connectivity index (χ1v) is 7.35. The van der Waals surface area contributed by atoms with Crippen molar-refractivity contribution in [3.63, 3.8) is 0 Å².